The van der Waals surface area contributed by atoms with Gasteiger partial charge < -0.3 is 5.11 Å². The van der Waals surface area contributed by atoms with Gasteiger partial charge in [-0.3, -0.25) is 4.79 Å². The average Bonchev–Trinajstić information content (AvgIpc) is 2.67. The lowest BCUT2D eigenvalue weighted by atomic mass is 9.54. The molecule has 4 heteroatoms. The van der Waals surface area contributed by atoms with Crippen molar-refractivity contribution in [2.75, 3.05) is 0 Å². The number of aliphatic carboxylic acids is 1. The smallest absolute Gasteiger partial charge is 0.310 e. The molecule has 0 aromatic heterocycles. The second-order valence-corrected chi connectivity index (χ2v) is 7.84. The van der Waals surface area contributed by atoms with Crippen molar-refractivity contribution in [3.8, 4) is 6.07 Å². The molecule has 1 unspecified atom stereocenters. The number of carboxylic acids is 1. The van der Waals surface area contributed by atoms with Crippen molar-refractivity contribution >= 4 is 5.97 Å². The Balaban J connectivity index is 1.98. The van der Waals surface area contributed by atoms with Crippen LogP contribution in [0.15, 0.2) is 30.9 Å². The fraction of sp³-hybridized carbons (Fsp3) is 0.545. The topological polar surface area (TPSA) is 61.1 Å². The Hall–Kier alpha value is -2.15. The van der Waals surface area contributed by atoms with Gasteiger partial charge in [0.05, 0.1) is 11.0 Å². The maximum Gasteiger partial charge on any atom is 0.310 e. The molecule has 2 aliphatic rings. The lowest BCUT2D eigenvalue weighted by Crippen LogP contribution is -2.47. The first-order valence-corrected chi connectivity index (χ1v) is 9.58. The first-order chi connectivity index (χ1) is 12.5. The van der Waals surface area contributed by atoms with Crippen molar-refractivity contribution in [2.45, 2.75) is 57.3 Å². The Morgan fingerprint density at radius 1 is 1.27 bits per heavy atom. The van der Waals surface area contributed by atoms with Crippen molar-refractivity contribution < 1.29 is 14.3 Å². The number of nitrogens with zero attached hydrogens (tertiary/aromatic N) is 1. The summed E-state index contributed by atoms with van der Waals surface area (Å²) < 4.78 is 14.2. The molecule has 1 aromatic carbocycles. The Bertz CT molecular complexity index is 730. The van der Waals surface area contributed by atoms with E-state index in [4.69, 9.17) is 5.26 Å². The van der Waals surface area contributed by atoms with Gasteiger partial charge in [-0.05, 0) is 68.1 Å². The molecular formula is C22H26FNO2. The van der Waals surface area contributed by atoms with Crippen molar-refractivity contribution in [1.82, 2.24) is 0 Å². The zero-order valence-corrected chi connectivity index (χ0v) is 15.1. The molecule has 0 heterocycles. The van der Waals surface area contributed by atoms with Gasteiger partial charge in [0.25, 0.3) is 0 Å². The van der Waals surface area contributed by atoms with Gasteiger partial charge in [-0.1, -0.05) is 25.0 Å². The molecule has 26 heavy (non-hydrogen) atoms. The Kier molecular flexibility index (Phi) is 5.46. The van der Waals surface area contributed by atoms with E-state index in [9.17, 15) is 14.3 Å². The van der Waals surface area contributed by atoms with Gasteiger partial charge >= 0.3 is 5.97 Å². The predicted octanol–water partition coefficient (Wildman–Crippen LogP) is 5.42. The molecule has 0 aliphatic heterocycles. The molecule has 0 bridgehead atoms. The molecule has 1 N–H and O–H groups in total. The molecule has 2 fully saturated rings. The predicted molar refractivity (Wildman–Crippen MR) is 98.0 cm³/mol. The van der Waals surface area contributed by atoms with Crippen LogP contribution in [0.4, 0.5) is 4.39 Å². The minimum absolute atomic E-state index is 0.0111. The molecule has 0 radical (unpaired) electrons. The largest absolute Gasteiger partial charge is 0.481 e. The highest BCUT2D eigenvalue weighted by molar-refractivity contribution is 5.77. The SMILES string of the molecule is C=C[C@H]1CC[C@H]([C@@]2(C(=O)O)CCCCC2c2ccc(C#N)c(F)c2)CC1. The van der Waals surface area contributed by atoms with E-state index in [0.717, 1.165) is 50.5 Å². The number of carbonyl (C=O) groups is 1. The lowest BCUT2D eigenvalue weighted by molar-refractivity contribution is -0.159. The van der Waals surface area contributed by atoms with E-state index in [1.54, 1.807) is 6.07 Å². The van der Waals surface area contributed by atoms with Gasteiger partial charge in [-0.2, -0.15) is 5.26 Å². The van der Waals surface area contributed by atoms with Gasteiger partial charge in [0.15, 0.2) is 0 Å². The molecule has 0 saturated heterocycles. The molecule has 138 valence electrons. The molecule has 2 aliphatic carbocycles. The standard InChI is InChI=1S/C22H26FNO2/c1-2-15-6-10-18(11-7-15)22(21(25)26)12-4-3-5-19(22)16-8-9-17(14-24)20(23)13-16/h2,8-9,13,15,18-19H,1,3-7,10-12H2,(H,25,26)/t15-,18-,19?,22-/m0/s1. The van der Waals surface area contributed by atoms with Crippen LogP contribution in [0.25, 0.3) is 0 Å². The van der Waals surface area contributed by atoms with Crippen molar-refractivity contribution in [2.24, 2.45) is 17.3 Å². The zero-order valence-electron chi connectivity index (χ0n) is 15.1. The fourth-order valence-electron chi connectivity index (χ4n) is 5.29. The van der Waals surface area contributed by atoms with E-state index in [-0.39, 0.29) is 17.4 Å². The number of hydrogen-bond acceptors (Lipinski definition) is 2. The summed E-state index contributed by atoms with van der Waals surface area (Å²) >= 11 is 0. The first-order valence-electron chi connectivity index (χ1n) is 9.58. The molecule has 0 amide bonds. The highest BCUT2D eigenvalue weighted by Crippen LogP contribution is 2.56. The van der Waals surface area contributed by atoms with Crippen LogP contribution in [0, 0.1) is 34.4 Å². The minimum Gasteiger partial charge on any atom is -0.481 e. The maximum atomic E-state index is 14.2. The molecule has 0 spiro atoms. The summed E-state index contributed by atoms with van der Waals surface area (Å²) in [4.78, 5) is 12.6. The van der Waals surface area contributed by atoms with Gasteiger partial charge in [-0.15, -0.1) is 6.58 Å². The summed E-state index contributed by atoms with van der Waals surface area (Å²) in [6.07, 6.45) is 9.01. The number of halogens is 1. The molecule has 2 saturated carbocycles. The zero-order chi connectivity index (χ0) is 18.7. The Morgan fingerprint density at radius 2 is 2.00 bits per heavy atom. The second-order valence-electron chi connectivity index (χ2n) is 7.84. The van der Waals surface area contributed by atoms with Crippen LogP contribution in [0.5, 0.6) is 0 Å². The number of nitriles is 1. The van der Waals surface area contributed by atoms with Crippen LogP contribution in [0.1, 0.15) is 68.4 Å². The minimum atomic E-state index is -0.828. The third-order valence-corrected chi connectivity index (χ3v) is 6.70. The van der Waals surface area contributed by atoms with E-state index in [2.05, 4.69) is 6.58 Å². The molecule has 3 nitrogen and oxygen atoms in total. The third-order valence-electron chi connectivity index (χ3n) is 6.70. The van der Waals surface area contributed by atoms with Crippen molar-refractivity contribution in [3.05, 3.63) is 47.8 Å². The van der Waals surface area contributed by atoms with Crippen LogP contribution in [-0.4, -0.2) is 11.1 Å². The second kappa shape index (κ2) is 7.61. The number of benzene rings is 1. The van der Waals surface area contributed by atoms with Crippen LogP contribution in [0.2, 0.25) is 0 Å². The lowest BCUT2D eigenvalue weighted by Gasteiger charge is -2.48. The molecule has 2 atom stereocenters. The summed E-state index contributed by atoms with van der Waals surface area (Å²) in [5, 5.41) is 19.3. The van der Waals surface area contributed by atoms with E-state index in [0.29, 0.717) is 12.3 Å². The number of carboxylic acid groups (broad SMARTS) is 1. The molecule has 1 aromatic rings. The Morgan fingerprint density at radius 3 is 2.58 bits per heavy atom. The fourth-order valence-corrected chi connectivity index (χ4v) is 5.29. The molecular weight excluding hydrogens is 329 g/mol. The number of hydrogen-bond donors (Lipinski definition) is 1. The average molecular weight is 355 g/mol. The monoisotopic (exact) mass is 355 g/mol. The normalized spacial score (nSPS) is 31.8. The van der Waals surface area contributed by atoms with Crippen LogP contribution >= 0.6 is 0 Å². The third kappa shape index (κ3) is 3.16. The summed E-state index contributed by atoms with van der Waals surface area (Å²) in [6.45, 7) is 3.88. The van der Waals surface area contributed by atoms with E-state index >= 15 is 0 Å². The van der Waals surface area contributed by atoms with Gasteiger partial charge in [-0.25, -0.2) is 4.39 Å². The van der Waals surface area contributed by atoms with E-state index in [1.807, 2.05) is 12.1 Å². The van der Waals surface area contributed by atoms with Crippen LogP contribution in [-0.2, 0) is 4.79 Å². The van der Waals surface area contributed by atoms with Crippen LogP contribution < -0.4 is 0 Å². The summed E-state index contributed by atoms with van der Waals surface area (Å²) in [5.41, 5.74) is -0.0863. The Labute approximate surface area is 154 Å². The first kappa shape index (κ1) is 18.6. The van der Waals surface area contributed by atoms with E-state index in [1.165, 1.54) is 12.1 Å². The van der Waals surface area contributed by atoms with Gasteiger partial charge in [0.2, 0.25) is 0 Å². The van der Waals surface area contributed by atoms with Gasteiger partial charge in [0, 0.05) is 5.92 Å². The highest BCUT2D eigenvalue weighted by Gasteiger charge is 2.53. The summed E-state index contributed by atoms with van der Waals surface area (Å²) in [7, 11) is 0. The summed E-state index contributed by atoms with van der Waals surface area (Å²) in [5.74, 6) is -0.896. The quantitative estimate of drug-likeness (QED) is 0.734. The van der Waals surface area contributed by atoms with Crippen molar-refractivity contribution in [3.63, 3.8) is 0 Å². The summed E-state index contributed by atoms with van der Waals surface area (Å²) in [6, 6.07) is 6.47. The van der Waals surface area contributed by atoms with Gasteiger partial charge in [0.1, 0.15) is 11.9 Å². The van der Waals surface area contributed by atoms with Crippen LogP contribution in [0.3, 0.4) is 0 Å². The number of allylic oxidation sites excluding steroid dienone is 1. The highest BCUT2D eigenvalue weighted by atomic mass is 19.1. The number of rotatable bonds is 4. The van der Waals surface area contributed by atoms with E-state index < -0.39 is 17.2 Å². The maximum absolute atomic E-state index is 14.2. The molecule has 3 rings (SSSR count). The van der Waals surface area contributed by atoms with Crippen molar-refractivity contribution in [1.29, 1.82) is 5.26 Å².